The summed E-state index contributed by atoms with van der Waals surface area (Å²) in [7, 11) is 0. The Morgan fingerprint density at radius 2 is 1.74 bits per heavy atom. The molecule has 1 fully saturated rings. The molecule has 2 unspecified atom stereocenters. The number of nitrogens with zero attached hydrogens (tertiary/aromatic N) is 1. The predicted octanol–water partition coefficient (Wildman–Crippen LogP) is 5.75. The number of fused-ring (bicyclic) bond motifs is 1. The average Bonchev–Trinajstić information content (AvgIpc) is 3.49. The van der Waals surface area contributed by atoms with E-state index in [4.69, 9.17) is 0 Å². The van der Waals surface area contributed by atoms with E-state index in [-0.39, 0.29) is 23.5 Å². The van der Waals surface area contributed by atoms with Crippen LogP contribution in [0.2, 0.25) is 0 Å². The molecule has 0 spiro atoms. The molecule has 158 valence electrons. The van der Waals surface area contributed by atoms with Crippen molar-refractivity contribution in [3.63, 3.8) is 0 Å². The van der Waals surface area contributed by atoms with E-state index in [1.807, 2.05) is 40.6 Å². The highest BCUT2D eigenvalue weighted by molar-refractivity contribution is 7.10. The van der Waals surface area contributed by atoms with Crippen LogP contribution < -0.4 is 5.32 Å². The standard InChI is InChI=1S/C25H23FN2O2S/c26-19-12-5-6-13-20(19)27-24(29)22-17-10-3-4-11-18(17)25(30)28(16-8-1-2-9-16)23(22)21-14-7-15-31-21/h3-7,10-16,22-23H,1-2,8-9H2,(H,27,29). The lowest BCUT2D eigenvalue weighted by Gasteiger charge is -2.44. The van der Waals surface area contributed by atoms with Crippen LogP contribution in [-0.2, 0) is 4.79 Å². The number of carbonyl (C=O) groups excluding carboxylic acids is 2. The van der Waals surface area contributed by atoms with Crippen molar-refractivity contribution in [1.29, 1.82) is 0 Å². The van der Waals surface area contributed by atoms with E-state index < -0.39 is 17.8 Å². The summed E-state index contributed by atoms with van der Waals surface area (Å²) in [5.74, 6) is -1.41. The van der Waals surface area contributed by atoms with Crippen LogP contribution in [-0.4, -0.2) is 22.8 Å². The van der Waals surface area contributed by atoms with Crippen LogP contribution in [0.1, 0.15) is 58.4 Å². The first-order chi connectivity index (χ1) is 15.1. The van der Waals surface area contributed by atoms with Gasteiger partial charge < -0.3 is 10.2 Å². The number of rotatable bonds is 4. The van der Waals surface area contributed by atoms with Crippen LogP contribution in [0.15, 0.2) is 66.0 Å². The number of nitrogens with one attached hydrogen (secondary N) is 1. The number of carbonyl (C=O) groups is 2. The van der Waals surface area contributed by atoms with Crippen LogP contribution in [0.3, 0.4) is 0 Å². The van der Waals surface area contributed by atoms with Crippen molar-refractivity contribution in [2.24, 2.45) is 0 Å². The molecule has 1 saturated carbocycles. The van der Waals surface area contributed by atoms with Gasteiger partial charge >= 0.3 is 0 Å². The molecule has 1 aliphatic heterocycles. The van der Waals surface area contributed by atoms with Gasteiger partial charge in [-0.3, -0.25) is 9.59 Å². The molecule has 2 aliphatic rings. The number of halogens is 1. The second-order valence-electron chi connectivity index (χ2n) is 8.14. The summed E-state index contributed by atoms with van der Waals surface area (Å²) in [6.07, 6.45) is 4.05. The predicted molar refractivity (Wildman–Crippen MR) is 120 cm³/mol. The highest BCUT2D eigenvalue weighted by Gasteiger charge is 2.47. The molecule has 2 amide bonds. The maximum Gasteiger partial charge on any atom is 0.254 e. The van der Waals surface area contributed by atoms with Gasteiger partial charge in [-0.1, -0.05) is 49.2 Å². The summed E-state index contributed by atoms with van der Waals surface area (Å²) in [4.78, 5) is 30.2. The van der Waals surface area contributed by atoms with E-state index in [0.29, 0.717) is 11.1 Å². The summed E-state index contributed by atoms with van der Waals surface area (Å²) < 4.78 is 14.3. The molecular formula is C25H23FN2O2S. The molecule has 1 aromatic heterocycles. The monoisotopic (exact) mass is 434 g/mol. The Morgan fingerprint density at radius 1 is 1.00 bits per heavy atom. The Kier molecular flexibility index (Phi) is 5.32. The topological polar surface area (TPSA) is 49.4 Å². The minimum Gasteiger partial charge on any atom is -0.327 e. The maximum absolute atomic E-state index is 14.3. The van der Waals surface area contributed by atoms with Gasteiger partial charge in [0.25, 0.3) is 5.91 Å². The highest BCUT2D eigenvalue weighted by Crippen LogP contribution is 2.47. The molecule has 31 heavy (non-hydrogen) atoms. The number of thiophene rings is 1. The zero-order valence-corrected chi connectivity index (χ0v) is 17.8. The molecule has 3 aromatic rings. The van der Waals surface area contributed by atoms with E-state index >= 15 is 0 Å². The van der Waals surface area contributed by atoms with Crippen molar-refractivity contribution in [2.45, 2.75) is 43.7 Å². The van der Waals surface area contributed by atoms with Crippen LogP contribution in [0, 0.1) is 5.82 Å². The van der Waals surface area contributed by atoms with Crippen LogP contribution >= 0.6 is 11.3 Å². The quantitative estimate of drug-likeness (QED) is 0.568. The van der Waals surface area contributed by atoms with E-state index in [0.717, 1.165) is 30.6 Å². The normalized spacial score (nSPS) is 21.2. The van der Waals surface area contributed by atoms with E-state index in [9.17, 15) is 14.0 Å². The van der Waals surface area contributed by atoms with Crippen molar-refractivity contribution < 1.29 is 14.0 Å². The molecule has 6 heteroatoms. The van der Waals surface area contributed by atoms with Crippen molar-refractivity contribution in [2.75, 3.05) is 5.32 Å². The number of para-hydroxylation sites is 1. The first kappa shape index (κ1) is 19.9. The molecule has 1 aliphatic carbocycles. The Hall–Kier alpha value is -2.99. The zero-order chi connectivity index (χ0) is 21.4. The number of hydrogen-bond donors (Lipinski definition) is 1. The van der Waals surface area contributed by atoms with Crippen LogP contribution in [0.4, 0.5) is 10.1 Å². The number of anilines is 1. The van der Waals surface area contributed by atoms with Crippen molar-refractivity contribution in [3.8, 4) is 0 Å². The second kappa shape index (κ2) is 8.27. The van der Waals surface area contributed by atoms with Crippen LogP contribution in [0.5, 0.6) is 0 Å². The van der Waals surface area contributed by atoms with Crippen molar-refractivity contribution in [3.05, 3.63) is 87.9 Å². The average molecular weight is 435 g/mol. The Bertz CT molecular complexity index is 1110. The third-order valence-electron chi connectivity index (χ3n) is 6.34. The zero-order valence-electron chi connectivity index (χ0n) is 17.0. The molecule has 0 saturated heterocycles. The molecule has 5 rings (SSSR count). The smallest absolute Gasteiger partial charge is 0.254 e. The SMILES string of the molecule is O=C(Nc1ccccc1F)C1c2ccccc2C(=O)N(C2CCCC2)C1c1cccs1. The maximum atomic E-state index is 14.3. The fourth-order valence-corrected chi connectivity index (χ4v) is 5.81. The van der Waals surface area contributed by atoms with Gasteiger partial charge in [0.1, 0.15) is 5.82 Å². The van der Waals surface area contributed by atoms with Gasteiger partial charge in [0.2, 0.25) is 5.91 Å². The fourth-order valence-electron chi connectivity index (χ4n) is 4.95. The molecule has 2 atom stereocenters. The lowest BCUT2D eigenvalue weighted by atomic mass is 9.80. The fraction of sp³-hybridized carbons (Fsp3) is 0.280. The van der Waals surface area contributed by atoms with Gasteiger partial charge in [0, 0.05) is 16.5 Å². The first-order valence-electron chi connectivity index (χ1n) is 10.7. The molecular weight excluding hydrogens is 411 g/mol. The number of hydrogen-bond acceptors (Lipinski definition) is 3. The molecule has 2 heterocycles. The molecule has 2 aromatic carbocycles. The second-order valence-corrected chi connectivity index (χ2v) is 9.12. The molecule has 0 radical (unpaired) electrons. The Labute approximate surface area is 184 Å². The van der Waals surface area contributed by atoms with Gasteiger partial charge in [-0.15, -0.1) is 11.3 Å². The van der Waals surface area contributed by atoms with Crippen molar-refractivity contribution in [1.82, 2.24) is 4.90 Å². The first-order valence-corrected chi connectivity index (χ1v) is 11.5. The minimum atomic E-state index is -0.618. The summed E-state index contributed by atoms with van der Waals surface area (Å²) in [5.41, 5.74) is 1.42. The molecule has 0 bridgehead atoms. The van der Waals surface area contributed by atoms with Gasteiger partial charge in [0.05, 0.1) is 17.6 Å². The molecule has 1 N–H and O–H groups in total. The van der Waals surface area contributed by atoms with E-state index in [1.165, 1.54) is 6.07 Å². The van der Waals surface area contributed by atoms with E-state index in [2.05, 4.69) is 5.32 Å². The summed E-state index contributed by atoms with van der Waals surface area (Å²) >= 11 is 1.55. The van der Waals surface area contributed by atoms with Gasteiger partial charge in [0.15, 0.2) is 0 Å². The van der Waals surface area contributed by atoms with Gasteiger partial charge in [-0.05, 0) is 48.1 Å². The van der Waals surface area contributed by atoms with Gasteiger partial charge in [-0.2, -0.15) is 0 Å². The third-order valence-corrected chi connectivity index (χ3v) is 7.29. The van der Waals surface area contributed by atoms with Gasteiger partial charge in [-0.25, -0.2) is 4.39 Å². The summed E-state index contributed by atoms with van der Waals surface area (Å²) in [6.45, 7) is 0. The molecule has 4 nitrogen and oxygen atoms in total. The van der Waals surface area contributed by atoms with E-state index in [1.54, 1.807) is 35.6 Å². The lowest BCUT2D eigenvalue weighted by Crippen LogP contribution is -2.49. The lowest BCUT2D eigenvalue weighted by molar-refractivity contribution is -0.119. The van der Waals surface area contributed by atoms with Crippen LogP contribution in [0.25, 0.3) is 0 Å². The van der Waals surface area contributed by atoms with Crippen molar-refractivity contribution >= 4 is 28.8 Å². The Morgan fingerprint density at radius 3 is 2.48 bits per heavy atom. The minimum absolute atomic E-state index is 0.0177. The highest BCUT2D eigenvalue weighted by atomic mass is 32.1. The Balaban J connectivity index is 1.63. The largest absolute Gasteiger partial charge is 0.327 e. The summed E-state index contributed by atoms with van der Waals surface area (Å²) in [6, 6.07) is 17.2. The number of amides is 2. The number of benzene rings is 2. The summed E-state index contributed by atoms with van der Waals surface area (Å²) in [5, 5.41) is 4.76. The third kappa shape index (κ3) is 3.55.